The van der Waals surface area contributed by atoms with Gasteiger partial charge in [0.05, 0.1) is 16.2 Å². The maximum absolute atomic E-state index is 12.0. The zero-order chi connectivity index (χ0) is 13.8. The fourth-order valence-electron chi connectivity index (χ4n) is 1.52. The van der Waals surface area contributed by atoms with E-state index in [0.717, 1.165) is 15.1 Å². The van der Waals surface area contributed by atoms with Crippen molar-refractivity contribution in [3.63, 3.8) is 0 Å². The molecule has 19 heavy (non-hydrogen) atoms. The Morgan fingerprint density at radius 3 is 2.63 bits per heavy atom. The number of hydrogen-bond donors (Lipinski definition) is 1. The number of benzene rings is 1. The number of nitrogens with one attached hydrogen (secondary N) is 1. The molecule has 1 amide bonds. The highest BCUT2D eigenvalue weighted by Crippen LogP contribution is 2.17. The second-order valence-corrected chi connectivity index (χ2v) is 6.17. The Hall–Kier alpha value is -1.46. The number of hydrazone groups is 1. The van der Waals surface area contributed by atoms with Crippen molar-refractivity contribution in [1.82, 2.24) is 5.43 Å². The molecule has 0 bridgehead atoms. The number of carbonyl (C=O) groups excluding carboxylic acids is 1. The lowest BCUT2D eigenvalue weighted by Gasteiger charge is -2.03. The van der Waals surface area contributed by atoms with Crippen LogP contribution in [0.15, 0.2) is 46.0 Å². The molecule has 2 rings (SSSR count). The smallest absolute Gasteiger partial charge is 0.267 e. The predicted octanol–water partition coefficient (Wildman–Crippen LogP) is 3.97. The van der Waals surface area contributed by atoms with E-state index in [4.69, 9.17) is 0 Å². The molecule has 0 radical (unpaired) electrons. The molecule has 0 spiro atoms. The minimum atomic E-state index is -0.222. The molecule has 3 nitrogen and oxygen atoms in total. The van der Waals surface area contributed by atoms with Crippen LogP contribution in [0.1, 0.15) is 27.0 Å². The predicted molar refractivity (Wildman–Crippen MR) is 82.9 cm³/mol. The van der Waals surface area contributed by atoms with E-state index in [1.54, 1.807) is 17.4 Å². The summed E-state index contributed by atoms with van der Waals surface area (Å²) in [4.78, 5) is 14.2. The van der Waals surface area contributed by atoms with E-state index in [0.29, 0.717) is 5.56 Å². The SMILES string of the molecule is C/C(=N\NC(=O)c1ccccc1Br)c1ccc(C)s1. The van der Waals surface area contributed by atoms with Crippen molar-refractivity contribution in [3.8, 4) is 0 Å². The van der Waals surface area contributed by atoms with Gasteiger partial charge in [0.25, 0.3) is 5.91 Å². The summed E-state index contributed by atoms with van der Waals surface area (Å²) < 4.78 is 0.757. The molecule has 98 valence electrons. The topological polar surface area (TPSA) is 41.5 Å². The molecule has 1 heterocycles. The van der Waals surface area contributed by atoms with Crippen LogP contribution in [0.4, 0.5) is 0 Å². The summed E-state index contributed by atoms with van der Waals surface area (Å²) in [7, 11) is 0. The third-order valence-electron chi connectivity index (χ3n) is 2.54. The Labute approximate surface area is 124 Å². The van der Waals surface area contributed by atoms with Crippen molar-refractivity contribution in [1.29, 1.82) is 0 Å². The summed E-state index contributed by atoms with van der Waals surface area (Å²) in [6, 6.07) is 11.3. The van der Waals surface area contributed by atoms with Crippen molar-refractivity contribution in [2.45, 2.75) is 13.8 Å². The quantitative estimate of drug-likeness (QED) is 0.668. The van der Waals surface area contributed by atoms with Gasteiger partial charge in [0, 0.05) is 9.35 Å². The number of rotatable bonds is 3. The number of nitrogens with zero attached hydrogens (tertiary/aromatic N) is 1. The molecule has 0 aliphatic rings. The Balaban J connectivity index is 2.10. The molecular formula is C14H13BrN2OS. The first-order chi connectivity index (χ1) is 9.08. The molecule has 0 atom stereocenters. The first kappa shape index (κ1) is 14.0. The van der Waals surface area contributed by atoms with E-state index in [-0.39, 0.29) is 5.91 Å². The third kappa shape index (κ3) is 3.52. The Morgan fingerprint density at radius 1 is 1.26 bits per heavy atom. The largest absolute Gasteiger partial charge is 0.272 e. The Bertz CT molecular complexity index is 634. The van der Waals surface area contributed by atoms with E-state index in [1.807, 2.05) is 44.2 Å². The fraction of sp³-hybridized carbons (Fsp3) is 0.143. The minimum Gasteiger partial charge on any atom is -0.267 e. The molecule has 0 aliphatic carbocycles. The summed E-state index contributed by atoms with van der Waals surface area (Å²) in [5.74, 6) is -0.222. The van der Waals surface area contributed by atoms with E-state index < -0.39 is 0 Å². The van der Waals surface area contributed by atoms with E-state index in [9.17, 15) is 4.79 Å². The molecule has 2 aromatic rings. The maximum atomic E-state index is 12.0. The van der Waals surface area contributed by atoms with Gasteiger partial charge >= 0.3 is 0 Å². The van der Waals surface area contributed by atoms with Gasteiger partial charge in [0.15, 0.2) is 0 Å². The first-order valence-corrected chi connectivity index (χ1v) is 7.35. The van der Waals surface area contributed by atoms with Gasteiger partial charge < -0.3 is 0 Å². The molecule has 0 saturated carbocycles. The van der Waals surface area contributed by atoms with Crippen LogP contribution in [-0.2, 0) is 0 Å². The maximum Gasteiger partial charge on any atom is 0.272 e. The number of hydrogen-bond acceptors (Lipinski definition) is 3. The average Bonchev–Trinajstić information content (AvgIpc) is 2.83. The van der Waals surface area contributed by atoms with Crippen molar-refractivity contribution in [2.24, 2.45) is 5.10 Å². The van der Waals surface area contributed by atoms with Gasteiger partial charge in [-0.2, -0.15) is 5.10 Å². The van der Waals surface area contributed by atoms with Crippen LogP contribution in [-0.4, -0.2) is 11.6 Å². The second-order valence-electron chi connectivity index (χ2n) is 4.03. The van der Waals surface area contributed by atoms with Crippen molar-refractivity contribution < 1.29 is 4.79 Å². The number of carbonyl (C=O) groups is 1. The van der Waals surface area contributed by atoms with Gasteiger partial charge in [0.1, 0.15) is 0 Å². The van der Waals surface area contributed by atoms with Crippen LogP contribution in [0.3, 0.4) is 0 Å². The highest BCUT2D eigenvalue weighted by Gasteiger charge is 2.08. The summed E-state index contributed by atoms with van der Waals surface area (Å²) in [5.41, 5.74) is 3.95. The summed E-state index contributed by atoms with van der Waals surface area (Å²) in [5, 5.41) is 4.13. The van der Waals surface area contributed by atoms with Gasteiger partial charge in [0.2, 0.25) is 0 Å². The summed E-state index contributed by atoms with van der Waals surface area (Å²) >= 11 is 5.00. The standard InChI is InChI=1S/C14H13BrN2OS/c1-9-7-8-13(19-9)10(2)16-17-14(18)11-5-3-4-6-12(11)15/h3-8H,1-2H3,(H,17,18)/b16-10+. The third-order valence-corrected chi connectivity index (χ3v) is 4.34. The molecule has 1 N–H and O–H groups in total. The summed E-state index contributed by atoms with van der Waals surface area (Å²) in [6.45, 7) is 3.92. The van der Waals surface area contributed by atoms with E-state index >= 15 is 0 Å². The minimum absolute atomic E-state index is 0.222. The van der Waals surface area contributed by atoms with Crippen LogP contribution in [0.2, 0.25) is 0 Å². The lowest BCUT2D eigenvalue weighted by atomic mass is 10.2. The number of thiophene rings is 1. The second kappa shape index (κ2) is 6.12. The molecular weight excluding hydrogens is 324 g/mol. The van der Waals surface area contributed by atoms with E-state index in [1.165, 1.54) is 4.88 Å². The highest BCUT2D eigenvalue weighted by atomic mass is 79.9. The molecule has 0 unspecified atom stereocenters. The van der Waals surface area contributed by atoms with Gasteiger partial charge in [-0.3, -0.25) is 4.79 Å². The average molecular weight is 337 g/mol. The van der Waals surface area contributed by atoms with Crippen LogP contribution < -0.4 is 5.43 Å². The van der Waals surface area contributed by atoms with Crippen molar-refractivity contribution in [2.75, 3.05) is 0 Å². The van der Waals surface area contributed by atoms with Gasteiger partial charge in [-0.15, -0.1) is 11.3 Å². The molecule has 0 saturated heterocycles. The van der Waals surface area contributed by atoms with Crippen LogP contribution in [0.5, 0.6) is 0 Å². The molecule has 0 aliphatic heterocycles. The number of aryl methyl sites for hydroxylation is 1. The zero-order valence-electron chi connectivity index (χ0n) is 10.6. The molecule has 1 aromatic carbocycles. The molecule has 0 fully saturated rings. The Kier molecular flexibility index (Phi) is 4.50. The van der Waals surface area contributed by atoms with Gasteiger partial charge in [-0.25, -0.2) is 5.43 Å². The van der Waals surface area contributed by atoms with Gasteiger partial charge in [-0.1, -0.05) is 12.1 Å². The Morgan fingerprint density at radius 2 is 2.00 bits per heavy atom. The van der Waals surface area contributed by atoms with Crippen LogP contribution >= 0.6 is 27.3 Å². The van der Waals surface area contributed by atoms with Crippen molar-refractivity contribution in [3.05, 3.63) is 56.2 Å². The monoisotopic (exact) mass is 336 g/mol. The number of amides is 1. The lowest BCUT2D eigenvalue weighted by molar-refractivity contribution is 0.0954. The van der Waals surface area contributed by atoms with E-state index in [2.05, 4.69) is 26.5 Å². The van der Waals surface area contributed by atoms with Crippen LogP contribution in [0, 0.1) is 6.92 Å². The fourth-order valence-corrected chi connectivity index (χ4v) is 2.80. The lowest BCUT2D eigenvalue weighted by Crippen LogP contribution is -2.19. The normalized spacial score (nSPS) is 11.4. The first-order valence-electron chi connectivity index (χ1n) is 5.74. The zero-order valence-corrected chi connectivity index (χ0v) is 13.0. The molecule has 5 heteroatoms. The van der Waals surface area contributed by atoms with Gasteiger partial charge in [-0.05, 0) is 54.0 Å². The molecule has 1 aromatic heterocycles. The van der Waals surface area contributed by atoms with Crippen molar-refractivity contribution >= 4 is 38.9 Å². The van der Waals surface area contributed by atoms with Crippen LogP contribution in [0.25, 0.3) is 0 Å². The number of halogens is 1. The summed E-state index contributed by atoms with van der Waals surface area (Å²) in [6.07, 6.45) is 0. The highest BCUT2D eigenvalue weighted by molar-refractivity contribution is 9.10.